The minimum Gasteiger partial charge on any atom is -0.388 e. The van der Waals surface area contributed by atoms with Crippen LogP contribution in [0.1, 0.15) is 18.4 Å². The fourth-order valence-electron chi connectivity index (χ4n) is 2.16. The average molecular weight is 255 g/mol. The molecule has 1 aromatic rings. The Balaban J connectivity index is 2.08. The normalized spacial score (nSPS) is 19.4. The molecule has 3 nitrogen and oxygen atoms in total. The van der Waals surface area contributed by atoms with Crippen molar-refractivity contribution in [2.24, 2.45) is 5.73 Å². The van der Waals surface area contributed by atoms with Crippen LogP contribution in [0.5, 0.6) is 0 Å². The summed E-state index contributed by atoms with van der Waals surface area (Å²) in [7, 11) is 0. The maximum Gasteiger partial charge on any atom is 0.0803 e. The second-order valence-electron chi connectivity index (χ2n) is 4.85. The summed E-state index contributed by atoms with van der Waals surface area (Å²) in [5.74, 6) is 0. The Morgan fingerprint density at radius 1 is 1.41 bits per heavy atom. The van der Waals surface area contributed by atoms with E-state index in [0.717, 1.165) is 42.2 Å². The Bertz CT molecular complexity index is 400. The molecule has 0 aliphatic carbocycles. The van der Waals surface area contributed by atoms with Gasteiger partial charge in [0.1, 0.15) is 0 Å². The standard InChI is InChI=1S/C13H19ClN2O/c1-10-2-3-11(8-12(10)14)16-6-4-13(17,9-15)5-7-16/h2-3,8,17H,4-7,9,15H2,1H3. The Labute approximate surface area is 107 Å². The van der Waals surface area contributed by atoms with E-state index in [1.54, 1.807) is 0 Å². The molecule has 4 heteroatoms. The van der Waals surface area contributed by atoms with E-state index in [0.29, 0.717) is 6.54 Å². The van der Waals surface area contributed by atoms with Crippen molar-refractivity contribution in [1.29, 1.82) is 0 Å². The predicted molar refractivity (Wildman–Crippen MR) is 71.6 cm³/mol. The van der Waals surface area contributed by atoms with Crippen molar-refractivity contribution in [3.63, 3.8) is 0 Å². The lowest BCUT2D eigenvalue weighted by Crippen LogP contribution is -2.48. The van der Waals surface area contributed by atoms with Gasteiger partial charge in [-0.15, -0.1) is 0 Å². The molecule has 2 rings (SSSR count). The summed E-state index contributed by atoms with van der Waals surface area (Å²) in [6.45, 7) is 3.99. The molecule has 0 unspecified atom stereocenters. The van der Waals surface area contributed by atoms with Gasteiger partial charge in [0.05, 0.1) is 5.60 Å². The fourth-order valence-corrected chi connectivity index (χ4v) is 2.34. The van der Waals surface area contributed by atoms with Crippen molar-refractivity contribution in [3.05, 3.63) is 28.8 Å². The molecule has 0 spiro atoms. The van der Waals surface area contributed by atoms with Gasteiger partial charge in [0.15, 0.2) is 0 Å². The number of nitrogens with zero attached hydrogens (tertiary/aromatic N) is 1. The monoisotopic (exact) mass is 254 g/mol. The molecule has 0 aromatic heterocycles. The lowest BCUT2D eigenvalue weighted by Gasteiger charge is -2.38. The van der Waals surface area contributed by atoms with Gasteiger partial charge in [0.2, 0.25) is 0 Å². The molecule has 1 heterocycles. The van der Waals surface area contributed by atoms with Gasteiger partial charge < -0.3 is 15.7 Å². The summed E-state index contributed by atoms with van der Waals surface area (Å²) in [4.78, 5) is 2.25. The molecule has 17 heavy (non-hydrogen) atoms. The van der Waals surface area contributed by atoms with Crippen molar-refractivity contribution in [3.8, 4) is 0 Å². The SMILES string of the molecule is Cc1ccc(N2CCC(O)(CN)CC2)cc1Cl. The number of nitrogens with two attached hydrogens (primary N) is 1. The first kappa shape index (κ1) is 12.7. The maximum atomic E-state index is 10.1. The summed E-state index contributed by atoms with van der Waals surface area (Å²) >= 11 is 6.12. The van der Waals surface area contributed by atoms with Crippen molar-refractivity contribution in [1.82, 2.24) is 0 Å². The summed E-state index contributed by atoms with van der Waals surface area (Å²) in [6, 6.07) is 6.10. The highest BCUT2D eigenvalue weighted by molar-refractivity contribution is 6.31. The van der Waals surface area contributed by atoms with E-state index < -0.39 is 5.60 Å². The van der Waals surface area contributed by atoms with Crippen LogP contribution in [-0.4, -0.2) is 30.3 Å². The van der Waals surface area contributed by atoms with E-state index in [4.69, 9.17) is 17.3 Å². The molecule has 1 aromatic carbocycles. The van der Waals surface area contributed by atoms with Crippen molar-refractivity contribution < 1.29 is 5.11 Å². The van der Waals surface area contributed by atoms with Gasteiger partial charge in [0.25, 0.3) is 0 Å². The van der Waals surface area contributed by atoms with Crippen LogP contribution in [0, 0.1) is 6.92 Å². The van der Waals surface area contributed by atoms with Gasteiger partial charge in [-0.1, -0.05) is 17.7 Å². The van der Waals surface area contributed by atoms with E-state index in [2.05, 4.69) is 11.0 Å². The largest absolute Gasteiger partial charge is 0.388 e. The molecule has 1 fully saturated rings. The number of piperidine rings is 1. The predicted octanol–water partition coefficient (Wildman–Crippen LogP) is 1.94. The highest BCUT2D eigenvalue weighted by Gasteiger charge is 2.30. The summed E-state index contributed by atoms with van der Waals surface area (Å²) in [5.41, 5.74) is 7.11. The zero-order valence-electron chi connectivity index (χ0n) is 10.1. The molecular weight excluding hydrogens is 236 g/mol. The van der Waals surface area contributed by atoms with Gasteiger partial charge in [-0.25, -0.2) is 0 Å². The Morgan fingerprint density at radius 3 is 2.59 bits per heavy atom. The zero-order valence-corrected chi connectivity index (χ0v) is 10.9. The third kappa shape index (κ3) is 2.73. The van der Waals surface area contributed by atoms with Crippen LogP contribution in [0.25, 0.3) is 0 Å². The van der Waals surface area contributed by atoms with Crippen LogP contribution in [0.3, 0.4) is 0 Å². The maximum absolute atomic E-state index is 10.1. The lowest BCUT2D eigenvalue weighted by atomic mass is 9.91. The molecule has 94 valence electrons. The van der Waals surface area contributed by atoms with E-state index in [1.165, 1.54) is 0 Å². The number of rotatable bonds is 2. The molecular formula is C13H19ClN2O. The first-order valence-electron chi connectivity index (χ1n) is 5.98. The van der Waals surface area contributed by atoms with Gasteiger partial charge in [-0.05, 0) is 37.5 Å². The van der Waals surface area contributed by atoms with Crippen LogP contribution < -0.4 is 10.6 Å². The Kier molecular flexibility index (Phi) is 3.61. The number of benzene rings is 1. The number of hydrogen-bond donors (Lipinski definition) is 2. The fraction of sp³-hybridized carbons (Fsp3) is 0.538. The highest BCUT2D eigenvalue weighted by Crippen LogP contribution is 2.28. The van der Waals surface area contributed by atoms with Crippen LogP contribution in [0.4, 0.5) is 5.69 Å². The van der Waals surface area contributed by atoms with Gasteiger partial charge >= 0.3 is 0 Å². The van der Waals surface area contributed by atoms with Crippen LogP contribution in [0.2, 0.25) is 5.02 Å². The Morgan fingerprint density at radius 2 is 2.06 bits per heavy atom. The summed E-state index contributed by atoms with van der Waals surface area (Å²) in [6.07, 6.45) is 1.43. The quantitative estimate of drug-likeness (QED) is 0.848. The number of anilines is 1. The second kappa shape index (κ2) is 4.84. The van der Waals surface area contributed by atoms with Crippen molar-refractivity contribution in [2.75, 3.05) is 24.5 Å². The highest BCUT2D eigenvalue weighted by atomic mass is 35.5. The second-order valence-corrected chi connectivity index (χ2v) is 5.26. The number of halogens is 1. The van der Waals surface area contributed by atoms with E-state index in [-0.39, 0.29) is 0 Å². The molecule has 0 amide bonds. The van der Waals surface area contributed by atoms with Crippen LogP contribution in [0.15, 0.2) is 18.2 Å². The molecule has 3 N–H and O–H groups in total. The topological polar surface area (TPSA) is 49.5 Å². The average Bonchev–Trinajstić information content (AvgIpc) is 2.34. The summed E-state index contributed by atoms with van der Waals surface area (Å²) < 4.78 is 0. The first-order valence-corrected chi connectivity index (χ1v) is 6.35. The zero-order chi connectivity index (χ0) is 12.5. The smallest absolute Gasteiger partial charge is 0.0803 e. The molecule has 0 bridgehead atoms. The summed E-state index contributed by atoms with van der Waals surface area (Å²) in [5, 5.41) is 10.9. The van der Waals surface area contributed by atoms with Crippen LogP contribution in [-0.2, 0) is 0 Å². The van der Waals surface area contributed by atoms with Crippen LogP contribution >= 0.6 is 11.6 Å². The first-order chi connectivity index (χ1) is 8.04. The van der Waals surface area contributed by atoms with Crippen molar-refractivity contribution in [2.45, 2.75) is 25.4 Å². The van der Waals surface area contributed by atoms with E-state index in [9.17, 15) is 5.11 Å². The molecule has 0 atom stereocenters. The van der Waals surface area contributed by atoms with E-state index >= 15 is 0 Å². The van der Waals surface area contributed by atoms with Crippen molar-refractivity contribution >= 4 is 17.3 Å². The van der Waals surface area contributed by atoms with Gasteiger partial charge in [0, 0.05) is 30.3 Å². The minimum absolute atomic E-state index is 0.343. The third-order valence-corrected chi connectivity index (χ3v) is 4.00. The Hall–Kier alpha value is -0.770. The number of aliphatic hydroxyl groups is 1. The molecule has 1 aliphatic heterocycles. The molecule has 1 aliphatic rings. The van der Waals surface area contributed by atoms with E-state index in [1.807, 2.05) is 19.1 Å². The molecule has 1 saturated heterocycles. The molecule has 0 saturated carbocycles. The molecule has 0 radical (unpaired) electrons. The number of aryl methyl sites for hydroxylation is 1. The van der Waals surface area contributed by atoms with Gasteiger partial charge in [-0.2, -0.15) is 0 Å². The van der Waals surface area contributed by atoms with Gasteiger partial charge in [-0.3, -0.25) is 0 Å². The lowest BCUT2D eigenvalue weighted by molar-refractivity contribution is 0.0250. The third-order valence-electron chi connectivity index (χ3n) is 3.59. The number of hydrogen-bond acceptors (Lipinski definition) is 3. The minimum atomic E-state index is -0.676.